The smallest absolute Gasteiger partial charge is 0.307 e. The lowest BCUT2D eigenvalue weighted by Crippen LogP contribution is -2.26. The van der Waals surface area contributed by atoms with Crippen LogP contribution in [0, 0.1) is 19.8 Å². The van der Waals surface area contributed by atoms with Crippen LogP contribution in [0.15, 0.2) is 71.6 Å². The molecule has 4 heterocycles. The Labute approximate surface area is 214 Å². The van der Waals surface area contributed by atoms with E-state index in [1.807, 2.05) is 56.6 Å². The fourth-order valence-corrected chi connectivity index (χ4v) is 5.49. The summed E-state index contributed by atoms with van der Waals surface area (Å²) in [5.74, 6) is 0.432. The van der Waals surface area contributed by atoms with Gasteiger partial charge in [0.15, 0.2) is 0 Å². The Balaban J connectivity index is 1.55. The molecule has 0 spiro atoms. The predicted molar refractivity (Wildman–Crippen MR) is 141 cm³/mol. The first-order valence-electron chi connectivity index (χ1n) is 12.7. The lowest BCUT2D eigenvalue weighted by atomic mass is 9.78. The third-order valence-electron chi connectivity index (χ3n) is 7.50. The molecular weight excluding hydrogens is 464 g/mol. The van der Waals surface area contributed by atoms with Crippen LogP contribution >= 0.6 is 0 Å². The number of aliphatic carboxylic acids is 1. The Kier molecular flexibility index (Phi) is 5.83. The van der Waals surface area contributed by atoms with Gasteiger partial charge in [-0.3, -0.25) is 14.8 Å². The van der Waals surface area contributed by atoms with Crippen LogP contribution in [0.1, 0.15) is 48.0 Å². The van der Waals surface area contributed by atoms with Crippen LogP contribution in [0.2, 0.25) is 0 Å². The minimum Gasteiger partial charge on any atom is -0.481 e. The van der Waals surface area contributed by atoms with E-state index in [0.717, 1.165) is 68.8 Å². The Morgan fingerprint density at radius 2 is 1.92 bits per heavy atom. The molecule has 1 fully saturated rings. The summed E-state index contributed by atoms with van der Waals surface area (Å²) in [4.78, 5) is 20.9. The van der Waals surface area contributed by atoms with Crippen molar-refractivity contribution >= 4 is 17.0 Å². The minimum absolute atomic E-state index is 0.00448. The topological polar surface area (TPSA) is 94.0 Å². The molecule has 0 saturated heterocycles. The number of pyridine rings is 2. The van der Waals surface area contributed by atoms with E-state index < -0.39 is 5.97 Å². The standard InChI is InChI=1S/C30H28N4O3/c1-18-28(19(2)37-33-18)23-15-26-29(32-16-23)24(21-11-9-20(10-12-21)14-27(35)36)17-34(26)30(22-6-5-7-22)25-8-3-4-13-31-25/h3-4,8-13,15-17,22,30H,5-7,14H2,1-2H3,(H,35,36). The minimum atomic E-state index is -0.837. The molecule has 1 aromatic carbocycles. The molecule has 186 valence electrons. The van der Waals surface area contributed by atoms with E-state index in [1.54, 1.807) is 0 Å². The maximum absolute atomic E-state index is 11.2. The number of benzene rings is 1. The van der Waals surface area contributed by atoms with Crippen molar-refractivity contribution in [1.82, 2.24) is 19.7 Å². The van der Waals surface area contributed by atoms with Crippen LogP contribution in [-0.2, 0) is 11.2 Å². The van der Waals surface area contributed by atoms with Crippen LogP contribution in [0.3, 0.4) is 0 Å². The van der Waals surface area contributed by atoms with Crippen molar-refractivity contribution in [3.8, 4) is 22.3 Å². The molecule has 37 heavy (non-hydrogen) atoms. The van der Waals surface area contributed by atoms with Gasteiger partial charge in [0.1, 0.15) is 5.76 Å². The molecule has 0 bridgehead atoms. The molecule has 1 N–H and O–H groups in total. The number of hydrogen-bond acceptors (Lipinski definition) is 5. The van der Waals surface area contributed by atoms with Crippen LogP contribution in [0.5, 0.6) is 0 Å². The molecule has 7 nitrogen and oxygen atoms in total. The lowest BCUT2D eigenvalue weighted by molar-refractivity contribution is -0.136. The monoisotopic (exact) mass is 492 g/mol. The van der Waals surface area contributed by atoms with Crippen molar-refractivity contribution in [1.29, 1.82) is 0 Å². The van der Waals surface area contributed by atoms with Crippen molar-refractivity contribution in [3.63, 3.8) is 0 Å². The molecule has 6 rings (SSSR count). The molecule has 7 heteroatoms. The second kappa shape index (κ2) is 9.32. The summed E-state index contributed by atoms with van der Waals surface area (Å²) in [5, 5.41) is 13.3. The lowest BCUT2D eigenvalue weighted by Gasteiger charge is -2.35. The van der Waals surface area contributed by atoms with Gasteiger partial charge in [-0.15, -0.1) is 0 Å². The van der Waals surface area contributed by atoms with Crippen LogP contribution in [0.4, 0.5) is 0 Å². The number of carbonyl (C=O) groups is 1. The van der Waals surface area contributed by atoms with Crippen molar-refractivity contribution < 1.29 is 14.4 Å². The Bertz CT molecular complexity index is 1560. The van der Waals surface area contributed by atoms with Gasteiger partial charge in [0.05, 0.1) is 34.9 Å². The molecule has 0 radical (unpaired) electrons. The molecule has 1 atom stereocenters. The van der Waals surface area contributed by atoms with E-state index in [1.165, 1.54) is 6.42 Å². The molecular formula is C30H28N4O3. The van der Waals surface area contributed by atoms with Crippen molar-refractivity contribution in [2.45, 2.75) is 45.6 Å². The second-order valence-electron chi connectivity index (χ2n) is 9.90. The van der Waals surface area contributed by atoms with E-state index in [4.69, 9.17) is 19.6 Å². The number of aryl methyl sites for hydroxylation is 2. The SMILES string of the molecule is Cc1noc(C)c1-c1cnc2c(-c3ccc(CC(=O)O)cc3)cn(C(c3ccccn3)C3CCC3)c2c1. The first-order chi connectivity index (χ1) is 18.0. The predicted octanol–water partition coefficient (Wildman–Crippen LogP) is 6.39. The average Bonchev–Trinajstić information content (AvgIpc) is 3.41. The number of nitrogens with zero attached hydrogens (tertiary/aromatic N) is 4. The summed E-state index contributed by atoms with van der Waals surface area (Å²) in [5.41, 5.74) is 8.56. The fourth-order valence-electron chi connectivity index (χ4n) is 5.49. The van der Waals surface area contributed by atoms with Gasteiger partial charge in [-0.25, -0.2) is 0 Å². The molecule has 0 amide bonds. The fraction of sp³-hybridized carbons (Fsp3) is 0.267. The third kappa shape index (κ3) is 4.20. The number of carboxylic acids is 1. The van der Waals surface area contributed by atoms with Crippen LogP contribution in [0.25, 0.3) is 33.3 Å². The molecule has 4 aromatic heterocycles. The summed E-state index contributed by atoms with van der Waals surface area (Å²) in [6.07, 6.45) is 9.51. The number of fused-ring (bicyclic) bond motifs is 1. The van der Waals surface area contributed by atoms with E-state index in [2.05, 4.69) is 34.1 Å². The molecule has 1 unspecified atom stereocenters. The highest BCUT2D eigenvalue weighted by molar-refractivity contribution is 5.95. The van der Waals surface area contributed by atoms with E-state index in [9.17, 15) is 4.79 Å². The van der Waals surface area contributed by atoms with E-state index in [-0.39, 0.29) is 12.5 Å². The average molecular weight is 493 g/mol. The Hall–Kier alpha value is -4.26. The first-order valence-corrected chi connectivity index (χ1v) is 12.7. The van der Waals surface area contributed by atoms with Gasteiger partial charge in [0, 0.05) is 35.3 Å². The molecule has 1 aliphatic carbocycles. The summed E-state index contributed by atoms with van der Waals surface area (Å²) < 4.78 is 7.79. The first kappa shape index (κ1) is 23.2. The van der Waals surface area contributed by atoms with Gasteiger partial charge in [-0.1, -0.05) is 41.9 Å². The largest absolute Gasteiger partial charge is 0.481 e. The second-order valence-corrected chi connectivity index (χ2v) is 9.90. The summed E-state index contributed by atoms with van der Waals surface area (Å²) >= 11 is 0. The highest BCUT2D eigenvalue weighted by atomic mass is 16.5. The van der Waals surface area contributed by atoms with E-state index >= 15 is 0 Å². The third-order valence-corrected chi connectivity index (χ3v) is 7.50. The highest BCUT2D eigenvalue weighted by Crippen LogP contribution is 2.43. The van der Waals surface area contributed by atoms with Gasteiger partial charge < -0.3 is 14.2 Å². The van der Waals surface area contributed by atoms with Gasteiger partial charge >= 0.3 is 5.97 Å². The zero-order chi connectivity index (χ0) is 25.5. The van der Waals surface area contributed by atoms with Crippen molar-refractivity contribution in [2.75, 3.05) is 0 Å². The van der Waals surface area contributed by atoms with Gasteiger partial charge in [-0.05, 0) is 61.9 Å². The number of rotatable bonds is 7. The number of hydrogen-bond donors (Lipinski definition) is 1. The van der Waals surface area contributed by atoms with Crippen molar-refractivity contribution in [2.24, 2.45) is 5.92 Å². The van der Waals surface area contributed by atoms with E-state index in [0.29, 0.717) is 5.92 Å². The highest BCUT2D eigenvalue weighted by Gasteiger charge is 2.32. The quantitative estimate of drug-likeness (QED) is 0.283. The van der Waals surface area contributed by atoms with Gasteiger partial charge in [0.2, 0.25) is 0 Å². The molecule has 1 saturated carbocycles. The Morgan fingerprint density at radius 1 is 1.11 bits per heavy atom. The van der Waals surface area contributed by atoms with Gasteiger partial charge in [0.25, 0.3) is 0 Å². The maximum Gasteiger partial charge on any atom is 0.307 e. The van der Waals surface area contributed by atoms with Crippen molar-refractivity contribution in [3.05, 3.63) is 89.8 Å². The zero-order valence-electron chi connectivity index (χ0n) is 20.9. The number of carboxylic acid groups (broad SMARTS) is 1. The molecule has 0 aliphatic heterocycles. The normalized spacial score (nSPS) is 14.5. The summed E-state index contributed by atoms with van der Waals surface area (Å²) in [6, 6.07) is 16.1. The summed E-state index contributed by atoms with van der Waals surface area (Å²) in [7, 11) is 0. The maximum atomic E-state index is 11.2. The zero-order valence-corrected chi connectivity index (χ0v) is 20.9. The molecule has 1 aliphatic rings. The van der Waals surface area contributed by atoms with Crippen LogP contribution < -0.4 is 0 Å². The van der Waals surface area contributed by atoms with Gasteiger partial charge in [-0.2, -0.15) is 0 Å². The Morgan fingerprint density at radius 3 is 2.54 bits per heavy atom. The molecule has 5 aromatic rings. The summed E-state index contributed by atoms with van der Waals surface area (Å²) in [6.45, 7) is 3.87. The van der Waals surface area contributed by atoms with Crippen LogP contribution in [-0.4, -0.2) is 30.8 Å². The number of aromatic nitrogens is 4.